The van der Waals surface area contributed by atoms with Crippen LogP contribution in [-0.2, 0) is 4.74 Å². The molecule has 1 aliphatic rings. The third kappa shape index (κ3) is 6.40. The van der Waals surface area contributed by atoms with Crippen LogP contribution in [-0.4, -0.2) is 68.4 Å². The standard InChI is InChI=1S/C16H24N6O2/c17-13-14-3-1-4-18-15(14)19-6-7-21-16(23)20-5-2-8-22-9-11-24-12-10-22/h1,3-4H,2,5-12H2,(H,18,19)(H2,20,21,23). The lowest BCUT2D eigenvalue weighted by Crippen LogP contribution is -2.40. The number of rotatable bonds is 8. The van der Waals surface area contributed by atoms with Crippen LogP contribution >= 0.6 is 0 Å². The largest absolute Gasteiger partial charge is 0.379 e. The molecule has 0 aliphatic carbocycles. The Bertz CT molecular complexity index is 554. The van der Waals surface area contributed by atoms with E-state index in [0.717, 1.165) is 39.3 Å². The van der Waals surface area contributed by atoms with Crippen molar-refractivity contribution >= 4 is 11.8 Å². The van der Waals surface area contributed by atoms with Gasteiger partial charge in [0.15, 0.2) is 0 Å². The number of pyridine rings is 1. The number of hydrogen-bond donors (Lipinski definition) is 3. The van der Waals surface area contributed by atoms with Crippen molar-refractivity contribution in [3.05, 3.63) is 23.9 Å². The minimum absolute atomic E-state index is 0.180. The molecule has 0 aromatic carbocycles. The monoisotopic (exact) mass is 332 g/mol. The fourth-order valence-electron chi connectivity index (χ4n) is 2.39. The molecule has 3 N–H and O–H groups in total. The molecule has 1 aromatic rings. The number of amides is 2. The Labute approximate surface area is 142 Å². The maximum absolute atomic E-state index is 11.7. The van der Waals surface area contributed by atoms with Gasteiger partial charge in [0, 0.05) is 38.9 Å². The molecule has 8 heteroatoms. The van der Waals surface area contributed by atoms with E-state index in [0.29, 0.717) is 31.0 Å². The highest BCUT2D eigenvalue weighted by Gasteiger charge is 2.09. The van der Waals surface area contributed by atoms with E-state index < -0.39 is 0 Å². The maximum atomic E-state index is 11.7. The van der Waals surface area contributed by atoms with E-state index in [1.165, 1.54) is 0 Å². The van der Waals surface area contributed by atoms with Crippen molar-refractivity contribution in [1.29, 1.82) is 5.26 Å². The molecule has 1 saturated heterocycles. The molecule has 0 unspecified atom stereocenters. The van der Waals surface area contributed by atoms with Gasteiger partial charge in [-0.05, 0) is 25.1 Å². The van der Waals surface area contributed by atoms with Gasteiger partial charge in [-0.2, -0.15) is 5.26 Å². The first-order valence-corrected chi connectivity index (χ1v) is 8.20. The van der Waals surface area contributed by atoms with Crippen LogP contribution < -0.4 is 16.0 Å². The summed E-state index contributed by atoms with van der Waals surface area (Å²) in [5.74, 6) is 0.535. The number of urea groups is 1. The lowest BCUT2D eigenvalue weighted by atomic mass is 10.3. The first kappa shape index (κ1) is 18.0. The van der Waals surface area contributed by atoms with Crippen LogP contribution in [0, 0.1) is 11.3 Å². The van der Waals surface area contributed by atoms with Gasteiger partial charge in [0.25, 0.3) is 0 Å². The van der Waals surface area contributed by atoms with Gasteiger partial charge >= 0.3 is 6.03 Å². The number of morpholine rings is 1. The number of hydrogen-bond acceptors (Lipinski definition) is 6. The van der Waals surface area contributed by atoms with E-state index >= 15 is 0 Å². The van der Waals surface area contributed by atoms with Crippen LogP contribution in [0.1, 0.15) is 12.0 Å². The molecule has 1 aliphatic heterocycles. The zero-order valence-electron chi connectivity index (χ0n) is 13.8. The fraction of sp³-hybridized carbons (Fsp3) is 0.562. The van der Waals surface area contributed by atoms with Gasteiger partial charge in [-0.1, -0.05) is 0 Å². The lowest BCUT2D eigenvalue weighted by molar-refractivity contribution is 0.0375. The average molecular weight is 332 g/mol. The predicted molar refractivity (Wildman–Crippen MR) is 90.7 cm³/mol. The van der Waals surface area contributed by atoms with Crippen LogP contribution in [0.25, 0.3) is 0 Å². The number of carbonyl (C=O) groups excluding carboxylic acids is 1. The van der Waals surface area contributed by atoms with Crippen molar-refractivity contribution in [2.75, 3.05) is 57.8 Å². The third-order valence-corrected chi connectivity index (χ3v) is 3.67. The van der Waals surface area contributed by atoms with Gasteiger partial charge in [0.1, 0.15) is 11.9 Å². The summed E-state index contributed by atoms with van der Waals surface area (Å²) in [6.07, 6.45) is 2.54. The van der Waals surface area contributed by atoms with Crippen molar-refractivity contribution in [1.82, 2.24) is 20.5 Å². The molecule has 130 valence electrons. The van der Waals surface area contributed by atoms with E-state index in [9.17, 15) is 4.79 Å². The maximum Gasteiger partial charge on any atom is 0.314 e. The molecule has 1 aromatic heterocycles. The summed E-state index contributed by atoms with van der Waals surface area (Å²) in [6.45, 7) is 6.11. The van der Waals surface area contributed by atoms with E-state index in [1.54, 1.807) is 18.3 Å². The molecule has 2 rings (SSSR count). The number of anilines is 1. The van der Waals surface area contributed by atoms with Gasteiger partial charge in [0.05, 0.1) is 18.8 Å². The summed E-state index contributed by atoms with van der Waals surface area (Å²) in [6, 6.07) is 5.30. The molecule has 0 bridgehead atoms. The smallest absolute Gasteiger partial charge is 0.314 e. The topological polar surface area (TPSA) is 102 Å². The van der Waals surface area contributed by atoms with E-state index in [2.05, 4.69) is 31.9 Å². The molecule has 2 amide bonds. The number of nitriles is 1. The Morgan fingerprint density at radius 3 is 2.88 bits per heavy atom. The minimum atomic E-state index is -0.180. The summed E-state index contributed by atoms with van der Waals surface area (Å²) in [4.78, 5) is 18.1. The molecular weight excluding hydrogens is 308 g/mol. The third-order valence-electron chi connectivity index (χ3n) is 3.67. The highest BCUT2D eigenvalue weighted by atomic mass is 16.5. The van der Waals surface area contributed by atoms with Crippen molar-refractivity contribution in [3.63, 3.8) is 0 Å². The average Bonchev–Trinajstić information content (AvgIpc) is 2.63. The van der Waals surface area contributed by atoms with Crippen molar-refractivity contribution < 1.29 is 9.53 Å². The zero-order chi connectivity index (χ0) is 17.0. The first-order valence-electron chi connectivity index (χ1n) is 8.20. The van der Waals surface area contributed by atoms with Crippen molar-refractivity contribution in [2.45, 2.75) is 6.42 Å². The summed E-state index contributed by atoms with van der Waals surface area (Å²) >= 11 is 0. The highest BCUT2D eigenvalue weighted by molar-refractivity contribution is 5.73. The van der Waals surface area contributed by atoms with E-state index in [-0.39, 0.29) is 6.03 Å². The van der Waals surface area contributed by atoms with Crippen molar-refractivity contribution in [2.24, 2.45) is 0 Å². The molecule has 8 nitrogen and oxygen atoms in total. The predicted octanol–water partition coefficient (Wildman–Crippen LogP) is 0.387. The molecule has 0 radical (unpaired) electrons. The van der Waals surface area contributed by atoms with Gasteiger partial charge in [-0.3, -0.25) is 4.90 Å². The quantitative estimate of drug-likeness (QED) is 0.595. The molecule has 2 heterocycles. The van der Waals surface area contributed by atoms with Gasteiger partial charge in [-0.25, -0.2) is 9.78 Å². The van der Waals surface area contributed by atoms with Gasteiger partial charge in [-0.15, -0.1) is 0 Å². The van der Waals surface area contributed by atoms with Crippen LogP contribution in [0.3, 0.4) is 0 Å². The van der Waals surface area contributed by atoms with Crippen LogP contribution in [0.4, 0.5) is 10.6 Å². The van der Waals surface area contributed by atoms with Crippen LogP contribution in [0.2, 0.25) is 0 Å². The second kappa shape index (κ2) is 10.4. The Hall–Kier alpha value is -2.37. The SMILES string of the molecule is N#Cc1cccnc1NCCNC(=O)NCCCN1CCOCC1. The fourth-order valence-corrected chi connectivity index (χ4v) is 2.39. The number of aromatic nitrogens is 1. The summed E-state index contributed by atoms with van der Waals surface area (Å²) < 4.78 is 5.30. The molecule has 0 spiro atoms. The molecule has 0 saturated carbocycles. The minimum Gasteiger partial charge on any atom is -0.379 e. The summed E-state index contributed by atoms with van der Waals surface area (Å²) in [7, 11) is 0. The summed E-state index contributed by atoms with van der Waals surface area (Å²) in [5, 5.41) is 17.6. The summed E-state index contributed by atoms with van der Waals surface area (Å²) in [5.41, 5.74) is 0.491. The Morgan fingerprint density at radius 1 is 1.29 bits per heavy atom. The second-order valence-corrected chi connectivity index (χ2v) is 5.43. The number of nitrogens with zero attached hydrogens (tertiary/aromatic N) is 3. The van der Waals surface area contributed by atoms with Crippen LogP contribution in [0.15, 0.2) is 18.3 Å². The molecular formula is C16H24N6O2. The highest BCUT2D eigenvalue weighted by Crippen LogP contribution is 2.08. The number of ether oxygens (including phenoxy) is 1. The second-order valence-electron chi connectivity index (χ2n) is 5.43. The first-order chi connectivity index (χ1) is 11.8. The zero-order valence-corrected chi connectivity index (χ0v) is 13.8. The number of carbonyl (C=O) groups is 1. The van der Waals surface area contributed by atoms with Crippen molar-refractivity contribution in [3.8, 4) is 6.07 Å². The normalized spacial score (nSPS) is 14.6. The van der Waals surface area contributed by atoms with E-state index in [4.69, 9.17) is 10.00 Å². The molecule has 24 heavy (non-hydrogen) atoms. The number of nitrogens with one attached hydrogen (secondary N) is 3. The Morgan fingerprint density at radius 2 is 2.08 bits per heavy atom. The lowest BCUT2D eigenvalue weighted by Gasteiger charge is -2.26. The molecule has 0 atom stereocenters. The Balaban J connectivity index is 1.51. The van der Waals surface area contributed by atoms with Gasteiger partial charge < -0.3 is 20.7 Å². The Kier molecular flexibility index (Phi) is 7.80. The van der Waals surface area contributed by atoms with Crippen LogP contribution in [0.5, 0.6) is 0 Å². The van der Waals surface area contributed by atoms with E-state index in [1.807, 2.05) is 0 Å². The molecule has 1 fully saturated rings. The van der Waals surface area contributed by atoms with Gasteiger partial charge in [0.2, 0.25) is 0 Å².